The van der Waals surface area contributed by atoms with E-state index in [9.17, 15) is 0 Å². The molecule has 1 fully saturated rings. The summed E-state index contributed by atoms with van der Waals surface area (Å²) < 4.78 is 5.89. The average molecular weight is 255 g/mol. The molecule has 1 aromatic heterocycles. The molecule has 0 atom stereocenters. The molecule has 0 saturated carbocycles. The molecule has 1 N–H and O–H groups in total. The zero-order chi connectivity index (χ0) is 13.1. The van der Waals surface area contributed by atoms with E-state index < -0.39 is 0 Å². The van der Waals surface area contributed by atoms with E-state index in [1.165, 1.54) is 0 Å². The number of ether oxygens (including phenoxy) is 1. The third-order valence-corrected chi connectivity index (χ3v) is 3.87. The first kappa shape index (κ1) is 12.4. The maximum Gasteiger partial charge on any atom is 0.214 e. The highest BCUT2D eigenvalue weighted by Crippen LogP contribution is 2.28. The summed E-state index contributed by atoms with van der Waals surface area (Å²) in [5.74, 6) is 0.679. The largest absolute Gasteiger partial charge is 0.477 e. The minimum Gasteiger partial charge on any atom is -0.477 e. The Balaban J connectivity index is 1.71. The van der Waals surface area contributed by atoms with E-state index in [-0.39, 0.29) is 5.41 Å². The standard InChI is InChI=1S/C16H19N2O/c1-16(8-10-17-11-9-16)12-19-15-7-6-13-4-2-3-5-14(13)18-15/h2-5,7,17H,8-12H2,1H3. The lowest BCUT2D eigenvalue weighted by molar-refractivity contribution is 0.120. The van der Waals surface area contributed by atoms with Crippen LogP contribution in [0.25, 0.3) is 10.9 Å². The third kappa shape index (κ3) is 2.87. The summed E-state index contributed by atoms with van der Waals surface area (Å²) in [6, 6.07) is 13.0. The molecule has 1 aliphatic rings. The summed E-state index contributed by atoms with van der Waals surface area (Å²) in [6.07, 6.45) is 2.31. The summed E-state index contributed by atoms with van der Waals surface area (Å²) in [5.41, 5.74) is 1.20. The fraction of sp³-hybridized carbons (Fsp3) is 0.438. The Labute approximate surface area is 114 Å². The first-order valence-electron chi connectivity index (χ1n) is 6.86. The van der Waals surface area contributed by atoms with E-state index in [4.69, 9.17) is 4.74 Å². The molecule has 2 heterocycles. The van der Waals surface area contributed by atoms with Crippen LogP contribution < -0.4 is 10.1 Å². The lowest BCUT2D eigenvalue weighted by Crippen LogP contribution is -2.38. The highest BCUT2D eigenvalue weighted by atomic mass is 16.5. The fourth-order valence-electron chi connectivity index (χ4n) is 2.48. The van der Waals surface area contributed by atoms with Crippen molar-refractivity contribution in [3.8, 4) is 5.88 Å². The third-order valence-electron chi connectivity index (χ3n) is 3.87. The van der Waals surface area contributed by atoms with Crippen LogP contribution in [0.15, 0.2) is 30.3 Å². The van der Waals surface area contributed by atoms with Crippen LogP contribution in [0.2, 0.25) is 0 Å². The molecular formula is C16H19N2O. The van der Waals surface area contributed by atoms with Crippen molar-refractivity contribution in [1.82, 2.24) is 10.3 Å². The van der Waals surface area contributed by atoms with Crippen molar-refractivity contribution >= 4 is 10.9 Å². The molecule has 3 heteroatoms. The zero-order valence-electron chi connectivity index (χ0n) is 11.3. The van der Waals surface area contributed by atoms with Crippen molar-refractivity contribution in [3.05, 3.63) is 36.4 Å². The van der Waals surface area contributed by atoms with Gasteiger partial charge in [0.1, 0.15) is 0 Å². The molecule has 1 aliphatic heterocycles. The van der Waals surface area contributed by atoms with Gasteiger partial charge in [0.2, 0.25) is 5.88 Å². The Morgan fingerprint density at radius 3 is 2.95 bits per heavy atom. The Morgan fingerprint density at radius 2 is 2.11 bits per heavy atom. The van der Waals surface area contributed by atoms with E-state index in [0.717, 1.165) is 43.4 Å². The molecule has 0 amide bonds. The van der Waals surface area contributed by atoms with E-state index in [1.807, 2.05) is 30.3 Å². The highest BCUT2D eigenvalue weighted by molar-refractivity contribution is 5.78. The van der Waals surface area contributed by atoms with Gasteiger partial charge in [0.05, 0.1) is 12.1 Å². The number of pyridine rings is 1. The van der Waals surface area contributed by atoms with Gasteiger partial charge in [-0.15, -0.1) is 0 Å². The molecule has 1 radical (unpaired) electrons. The molecule has 19 heavy (non-hydrogen) atoms. The molecule has 2 aromatic rings. The van der Waals surface area contributed by atoms with Gasteiger partial charge >= 0.3 is 0 Å². The first-order valence-corrected chi connectivity index (χ1v) is 6.86. The second-order valence-corrected chi connectivity index (χ2v) is 5.61. The number of para-hydroxylation sites is 1. The number of nitrogens with one attached hydrogen (secondary N) is 1. The van der Waals surface area contributed by atoms with E-state index in [0.29, 0.717) is 5.88 Å². The molecule has 3 rings (SSSR count). The summed E-state index contributed by atoms with van der Waals surface area (Å²) in [5, 5.41) is 4.42. The van der Waals surface area contributed by atoms with Crippen LogP contribution in [-0.2, 0) is 0 Å². The monoisotopic (exact) mass is 255 g/mol. The van der Waals surface area contributed by atoms with Crippen LogP contribution in [0.5, 0.6) is 5.88 Å². The van der Waals surface area contributed by atoms with Gasteiger partial charge in [0.25, 0.3) is 0 Å². The van der Waals surface area contributed by atoms with Gasteiger partial charge in [-0.1, -0.05) is 25.1 Å². The topological polar surface area (TPSA) is 34.1 Å². The zero-order valence-corrected chi connectivity index (χ0v) is 11.3. The molecular weight excluding hydrogens is 236 g/mol. The lowest BCUT2D eigenvalue weighted by atomic mass is 9.82. The van der Waals surface area contributed by atoms with Crippen molar-refractivity contribution < 1.29 is 4.74 Å². The predicted octanol–water partition coefficient (Wildman–Crippen LogP) is 2.80. The summed E-state index contributed by atoms with van der Waals surface area (Å²) in [7, 11) is 0. The van der Waals surface area contributed by atoms with Gasteiger partial charge in [-0.3, -0.25) is 0 Å². The molecule has 0 spiro atoms. The highest BCUT2D eigenvalue weighted by Gasteiger charge is 2.27. The maximum atomic E-state index is 5.89. The van der Waals surface area contributed by atoms with Crippen molar-refractivity contribution in [2.24, 2.45) is 5.41 Å². The van der Waals surface area contributed by atoms with E-state index in [2.05, 4.69) is 23.3 Å². The molecule has 0 unspecified atom stereocenters. The molecule has 0 aliphatic carbocycles. The summed E-state index contributed by atoms with van der Waals surface area (Å²) >= 11 is 0. The quantitative estimate of drug-likeness (QED) is 0.915. The predicted molar refractivity (Wildman–Crippen MR) is 76.3 cm³/mol. The second kappa shape index (κ2) is 5.17. The molecule has 1 aromatic carbocycles. The van der Waals surface area contributed by atoms with Crippen molar-refractivity contribution in [2.45, 2.75) is 19.8 Å². The maximum absolute atomic E-state index is 5.89. The van der Waals surface area contributed by atoms with Crippen molar-refractivity contribution in [1.29, 1.82) is 0 Å². The van der Waals surface area contributed by atoms with Gasteiger partial charge in [-0.25, -0.2) is 4.98 Å². The molecule has 3 nitrogen and oxygen atoms in total. The smallest absolute Gasteiger partial charge is 0.214 e. The van der Waals surface area contributed by atoms with E-state index >= 15 is 0 Å². The average Bonchev–Trinajstić information content (AvgIpc) is 2.46. The van der Waals surface area contributed by atoms with Crippen LogP contribution in [0.3, 0.4) is 0 Å². The Bertz CT molecular complexity index is 561. The Hall–Kier alpha value is -1.61. The number of rotatable bonds is 3. The number of nitrogens with zero attached hydrogens (tertiary/aromatic N) is 1. The van der Waals surface area contributed by atoms with Crippen LogP contribution in [0, 0.1) is 11.5 Å². The van der Waals surface area contributed by atoms with Crippen LogP contribution in [0.4, 0.5) is 0 Å². The Kier molecular flexibility index (Phi) is 3.38. The fourth-order valence-corrected chi connectivity index (χ4v) is 2.48. The molecule has 99 valence electrons. The van der Waals surface area contributed by atoms with Crippen LogP contribution in [0.1, 0.15) is 19.8 Å². The molecule has 1 saturated heterocycles. The number of hydrogen-bond donors (Lipinski definition) is 1. The number of hydrogen-bond acceptors (Lipinski definition) is 3. The minimum atomic E-state index is 0.262. The summed E-state index contributed by atoms with van der Waals surface area (Å²) in [6.45, 7) is 5.18. The van der Waals surface area contributed by atoms with Crippen molar-refractivity contribution in [2.75, 3.05) is 19.7 Å². The first-order chi connectivity index (χ1) is 9.25. The normalized spacial score (nSPS) is 18.4. The van der Waals surface area contributed by atoms with Crippen LogP contribution >= 0.6 is 0 Å². The van der Waals surface area contributed by atoms with Gasteiger partial charge in [-0.05, 0) is 38.1 Å². The lowest BCUT2D eigenvalue weighted by Gasteiger charge is -2.33. The number of benzene rings is 1. The van der Waals surface area contributed by atoms with E-state index in [1.54, 1.807) is 0 Å². The van der Waals surface area contributed by atoms with Gasteiger partial charge in [0, 0.05) is 16.9 Å². The SMILES string of the molecule is CC1(COc2c[c]c3ccccc3n2)CCNCC1. The second-order valence-electron chi connectivity index (χ2n) is 5.61. The van der Waals surface area contributed by atoms with Gasteiger partial charge < -0.3 is 10.1 Å². The number of aromatic nitrogens is 1. The van der Waals surface area contributed by atoms with Crippen molar-refractivity contribution in [3.63, 3.8) is 0 Å². The minimum absolute atomic E-state index is 0.262. The molecule has 0 bridgehead atoms. The van der Waals surface area contributed by atoms with Gasteiger partial charge in [0.15, 0.2) is 0 Å². The Morgan fingerprint density at radius 1 is 1.32 bits per heavy atom. The number of fused-ring (bicyclic) bond motifs is 1. The van der Waals surface area contributed by atoms with Gasteiger partial charge in [-0.2, -0.15) is 0 Å². The number of piperidine rings is 1. The van der Waals surface area contributed by atoms with Crippen LogP contribution in [-0.4, -0.2) is 24.7 Å². The summed E-state index contributed by atoms with van der Waals surface area (Å²) in [4.78, 5) is 4.52.